The lowest BCUT2D eigenvalue weighted by atomic mass is 9.49. The SMILES string of the molecule is CCCCCCC(CSCCCCCC(CCCCCSCC(CCCCCC)OC(=O)C12CC3CC(CC(C3)C1)C2)N(C)CCCCO[Si](c1ccccc1)(c1ccccc1)C(C)(C)C)OC(=O)C12CC3CC(CC(C3)C1)C2. The average Bonchev–Trinajstić information content (AvgIpc) is 3.42. The predicted molar refractivity (Wildman–Crippen MR) is 339 cm³/mol. The molecule has 2 aromatic carbocycles. The lowest BCUT2D eigenvalue weighted by molar-refractivity contribution is -0.176. The van der Waals surface area contributed by atoms with Gasteiger partial charge in [0.05, 0.1) is 10.8 Å². The molecule has 2 aromatic rings. The number of esters is 2. The van der Waals surface area contributed by atoms with Crippen LogP contribution in [0.1, 0.15) is 240 Å². The Labute approximate surface area is 493 Å². The van der Waals surface area contributed by atoms with Crippen LogP contribution in [0.25, 0.3) is 0 Å². The zero-order valence-corrected chi connectivity index (χ0v) is 53.8. The van der Waals surface area contributed by atoms with Crippen LogP contribution in [0.15, 0.2) is 60.7 Å². The molecule has 0 N–H and O–H groups in total. The Morgan fingerprint density at radius 1 is 0.532 bits per heavy atom. The molecule has 9 heteroatoms. The van der Waals surface area contributed by atoms with E-state index < -0.39 is 8.32 Å². The first-order chi connectivity index (χ1) is 38.3. The summed E-state index contributed by atoms with van der Waals surface area (Å²) in [7, 11) is -0.147. The zero-order chi connectivity index (χ0) is 55.6. The van der Waals surface area contributed by atoms with Gasteiger partial charge in [0, 0.05) is 24.2 Å². The highest BCUT2D eigenvalue weighted by atomic mass is 32.2. The minimum Gasteiger partial charge on any atom is -0.461 e. The van der Waals surface area contributed by atoms with Crippen molar-refractivity contribution in [3.05, 3.63) is 60.7 Å². The molecule has 0 heterocycles. The third-order valence-corrected chi connectivity index (χ3v) is 28.2. The number of carbonyl (C=O) groups is 2. The van der Waals surface area contributed by atoms with Crippen LogP contribution < -0.4 is 10.4 Å². The molecule has 8 bridgehead atoms. The molecule has 0 aromatic heterocycles. The maximum Gasteiger partial charge on any atom is 0.312 e. The van der Waals surface area contributed by atoms with Crippen molar-refractivity contribution in [3.8, 4) is 0 Å². The van der Waals surface area contributed by atoms with Gasteiger partial charge in [0.2, 0.25) is 0 Å². The van der Waals surface area contributed by atoms with E-state index in [9.17, 15) is 9.59 Å². The Bertz CT molecular complexity index is 1880. The minimum absolute atomic E-state index is 0.0123. The second kappa shape index (κ2) is 31.4. The fourth-order valence-electron chi connectivity index (χ4n) is 17.4. The number of hydrogen-bond acceptors (Lipinski definition) is 8. The Balaban J connectivity index is 0.800. The standard InChI is InChI=1S/C70H113NO5S2Si/c1-7-9-11-19-31-62(75-66(72)69-47-55-41-56(48-69)43-57(42-55)49-69)53-77-39-27-15-17-29-61(71(6)37-25-26-38-74-79(68(3,4)5,64-33-21-13-22-34-64)65-35-23-14-24-36-65)30-18-16-28-40-78-54-63(32-20-12-10-8-2)76-67(73)70-50-58-44-59(51-70)46-60(45-58)52-70/h13-14,21-24,33-36,55-63H,7-12,15-20,25-32,37-54H2,1-6H3. The largest absolute Gasteiger partial charge is 0.461 e. The highest BCUT2D eigenvalue weighted by Gasteiger charge is 2.57. The fraction of sp³-hybridized carbons (Fsp3) is 0.800. The predicted octanol–water partition coefficient (Wildman–Crippen LogP) is 17.4. The third-order valence-electron chi connectivity index (χ3n) is 20.8. The topological polar surface area (TPSA) is 65.1 Å². The summed E-state index contributed by atoms with van der Waals surface area (Å²) in [5.74, 6) is 9.20. The molecule has 444 valence electrons. The number of hydrogen-bond donors (Lipinski definition) is 0. The van der Waals surface area contributed by atoms with Crippen molar-refractivity contribution in [1.29, 1.82) is 0 Å². The van der Waals surface area contributed by atoms with E-state index in [1.807, 2.05) is 23.5 Å². The average molecular weight is 1140 g/mol. The van der Waals surface area contributed by atoms with E-state index in [4.69, 9.17) is 13.9 Å². The van der Waals surface area contributed by atoms with E-state index in [0.29, 0.717) is 6.04 Å². The van der Waals surface area contributed by atoms with Gasteiger partial charge >= 0.3 is 11.9 Å². The van der Waals surface area contributed by atoms with Crippen LogP contribution in [0, 0.1) is 46.3 Å². The van der Waals surface area contributed by atoms with Gasteiger partial charge in [-0.15, -0.1) is 0 Å². The van der Waals surface area contributed by atoms with Gasteiger partial charge in [-0.05, 0) is 217 Å². The van der Waals surface area contributed by atoms with Crippen molar-refractivity contribution in [3.63, 3.8) is 0 Å². The molecule has 8 fully saturated rings. The number of unbranched alkanes of at least 4 members (excludes halogenated alkanes) is 11. The van der Waals surface area contributed by atoms with Crippen LogP contribution in [0.2, 0.25) is 5.04 Å². The first kappa shape index (κ1) is 63.2. The van der Waals surface area contributed by atoms with Crippen molar-refractivity contribution in [2.45, 2.75) is 263 Å². The van der Waals surface area contributed by atoms with Gasteiger partial charge in [-0.2, -0.15) is 23.5 Å². The maximum atomic E-state index is 14.0. The number of carbonyl (C=O) groups excluding carboxylic acids is 2. The van der Waals surface area contributed by atoms with E-state index in [1.54, 1.807) is 0 Å². The lowest BCUT2D eigenvalue weighted by Gasteiger charge is -2.55. The number of thioether (sulfide) groups is 2. The van der Waals surface area contributed by atoms with Crippen LogP contribution in [0.3, 0.4) is 0 Å². The summed E-state index contributed by atoms with van der Waals surface area (Å²) in [6, 6.07) is 22.8. The van der Waals surface area contributed by atoms with E-state index in [0.717, 1.165) is 136 Å². The van der Waals surface area contributed by atoms with E-state index in [-0.39, 0.29) is 40.0 Å². The minimum atomic E-state index is -2.55. The number of ether oxygens (including phenoxy) is 2. The van der Waals surface area contributed by atoms with Crippen molar-refractivity contribution in [2.75, 3.05) is 43.2 Å². The Morgan fingerprint density at radius 2 is 0.911 bits per heavy atom. The monoisotopic (exact) mass is 1140 g/mol. The summed E-state index contributed by atoms with van der Waals surface area (Å²) in [4.78, 5) is 30.8. The van der Waals surface area contributed by atoms with Crippen LogP contribution >= 0.6 is 23.5 Å². The van der Waals surface area contributed by atoms with Gasteiger partial charge in [-0.3, -0.25) is 9.59 Å². The molecule has 2 atom stereocenters. The molecule has 0 spiro atoms. The molecule has 79 heavy (non-hydrogen) atoms. The van der Waals surface area contributed by atoms with E-state index in [1.165, 1.54) is 152 Å². The molecule has 2 unspecified atom stereocenters. The van der Waals surface area contributed by atoms with Gasteiger partial charge in [-0.25, -0.2) is 0 Å². The van der Waals surface area contributed by atoms with Crippen LogP contribution in [0.5, 0.6) is 0 Å². The second-order valence-electron chi connectivity index (χ2n) is 28.4. The molecule has 0 aliphatic heterocycles. The molecule has 0 saturated heterocycles. The molecular formula is C70H113NO5S2Si. The smallest absolute Gasteiger partial charge is 0.312 e. The van der Waals surface area contributed by atoms with Gasteiger partial charge in [0.15, 0.2) is 0 Å². The van der Waals surface area contributed by atoms with Gasteiger partial charge < -0.3 is 18.8 Å². The van der Waals surface area contributed by atoms with Crippen molar-refractivity contribution in [1.82, 2.24) is 4.90 Å². The van der Waals surface area contributed by atoms with Crippen molar-refractivity contribution in [2.24, 2.45) is 46.3 Å². The lowest BCUT2D eigenvalue weighted by Crippen LogP contribution is -2.66. The molecule has 6 nitrogen and oxygen atoms in total. The van der Waals surface area contributed by atoms with Crippen LogP contribution in [-0.2, 0) is 23.5 Å². The molecule has 8 saturated carbocycles. The molecule has 10 rings (SSSR count). The van der Waals surface area contributed by atoms with Gasteiger partial charge in [-0.1, -0.05) is 159 Å². The highest BCUT2D eigenvalue weighted by molar-refractivity contribution is 7.99. The van der Waals surface area contributed by atoms with Gasteiger partial charge in [0.1, 0.15) is 12.2 Å². The summed E-state index contributed by atoms with van der Waals surface area (Å²) >= 11 is 4.09. The highest BCUT2D eigenvalue weighted by Crippen LogP contribution is 2.62. The fourth-order valence-corrected chi connectivity index (χ4v) is 24.1. The van der Waals surface area contributed by atoms with E-state index in [2.05, 4.69) is 107 Å². The first-order valence-corrected chi connectivity index (χ1v) is 37.6. The number of nitrogens with zero attached hydrogens (tertiary/aromatic N) is 1. The van der Waals surface area contributed by atoms with Crippen LogP contribution in [0.4, 0.5) is 0 Å². The van der Waals surface area contributed by atoms with Gasteiger partial charge in [0.25, 0.3) is 8.32 Å². The van der Waals surface area contributed by atoms with Crippen LogP contribution in [-0.4, -0.2) is 86.6 Å². The zero-order valence-electron chi connectivity index (χ0n) is 51.1. The summed E-state index contributed by atoms with van der Waals surface area (Å²) in [5.41, 5.74) is -0.326. The molecule has 0 radical (unpaired) electrons. The maximum absolute atomic E-state index is 14.0. The summed E-state index contributed by atoms with van der Waals surface area (Å²) in [6.45, 7) is 13.6. The molecular weight excluding hydrogens is 1030 g/mol. The Hall–Kier alpha value is -1.78. The van der Waals surface area contributed by atoms with Crippen molar-refractivity contribution < 1.29 is 23.5 Å². The third kappa shape index (κ3) is 17.7. The summed E-state index contributed by atoms with van der Waals surface area (Å²) < 4.78 is 20.5. The summed E-state index contributed by atoms with van der Waals surface area (Å²) in [6.07, 6.45) is 39.1. The Morgan fingerprint density at radius 3 is 1.29 bits per heavy atom. The van der Waals surface area contributed by atoms with E-state index >= 15 is 0 Å². The molecule has 8 aliphatic carbocycles. The molecule has 8 aliphatic rings. The summed E-state index contributed by atoms with van der Waals surface area (Å²) in [5, 5.41) is 2.71. The second-order valence-corrected chi connectivity index (χ2v) is 35.0. The Kier molecular flexibility index (Phi) is 25.1. The quantitative estimate of drug-likeness (QED) is 0.0373. The normalized spacial score (nSPS) is 27.1. The molecule has 0 amide bonds. The number of rotatable bonds is 39. The number of benzene rings is 2. The first-order valence-electron chi connectivity index (χ1n) is 33.4. The van der Waals surface area contributed by atoms with Crippen molar-refractivity contribution >= 4 is 54.2 Å².